The number of carbonyl (C=O) groups is 1. The molecule has 2 atom stereocenters. The zero-order valence-corrected chi connectivity index (χ0v) is 12.3. The molecule has 1 saturated heterocycles. The van der Waals surface area contributed by atoms with Crippen LogP contribution in [-0.4, -0.2) is 49.1 Å². The zero-order valence-electron chi connectivity index (χ0n) is 11.4. The van der Waals surface area contributed by atoms with Gasteiger partial charge in [0.05, 0.1) is 29.2 Å². The Kier molecular flexibility index (Phi) is 3.73. The van der Waals surface area contributed by atoms with Gasteiger partial charge >= 0.3 is 5.97 Å². The Morgan fingerprint density at radius 1 is 1.29 bits per heavy atom. The topological polar surface area (TPSA) is 83.9 Å². The Morgan fingerprint density at radius 3 is 2.81 bits per heavy atom. The van der Waals surface area contributed by atoms with Crippen molar-refractivity contribution in [3.05, 3.63) is 29.8 Å². The number of aromatic carboxylic acids is 1. The highest BCUT2D eigenvalue weighted by atomic mass is 32.2. The fraction of sp³-hybridized carbons (Fsp3) is 0.500. The molecule has 1 heterocycles. The van der Waals surface area contributed by atoms with Crippen LogP contribution in [0.15, 0.2) is 29.2 Å². The van der Waals surface area contributed by atoms with E-state index in [1.807, 2.05) is 0 Å². The van der Waals surface area contributed by atoms with Gasteiger partial charge in [-0.2, -0.15) is 4.31 Å². The first-order valence-electron chi connectivity index (χ1n) is 6.97. The Balaban J connectivity index is 2.02. The molecule has 1 aliphatic heterocycles. The summed E-state index contributed by atoms with van der Waals surface area (Å²) < 4.78 is 32.8. The van der Waals surface area contributed by atoms with Crippen molar-refractivity contribution < 1.29 is 23.1 Å². The molecule has 2 aliphatic rings. The molecule has 7 heteroatoms. The smallest absolute Gasteiger partial charge is 0.337 e. The predicted molar refractivity (Wildman–Crippen MR) is 74.7 cm³/mol. The second kappa shape index (κ2) is 5.40. The van der Waals surface area contributed by atoms with E-state index in [1.165, 1.54) is 22.5 Å². The predicted octanol–water partition coefficient (Wildman–Crippen LogP) is 1.33. The molecular formula is C14H17NO5S. The van der Waals surface area contributed by atoms with Crippen molar-refractivity contribution in [2.75, 3.05) is 13.2 Å². The summed E-state index contributed by atoms with van der Waals surface area (Å²) in [6, 6.07) is 5.58. The van der Waals surface area contributed by atoms with Crippen molar-refractivity contribution in [3.63, 3.8) is 0 Å². The molecule has 0 spiro atoms. The van der Waals surface area contributed by atoms with E-state index in [2.05, 4.69) is 0 Å². The molecule has 6 nitrogen and oxygen atoms in total. The van der Waals surface area contributed by atoms with Crippen LogP contribution in [0.4, 0.5) is 0 Å². The molecule has 1 aromatic rings. The highest BCUT2D eigenvalue weighted by Gasteiger charge is 2.43. The third-order valence-corrected chi connectivity index (χ3v) is 6.12. The normalized spacial score (nSPS) is 26.5. The van der Waals surface area contributed by atoms with Crippen LogP contribution in [0.25, 0.3) is 0 Å². The molecule has 1 aliphatic carbocycles. The van der Waals surface area contributed by atoms with Gasteiger partial charge in [0.25, 0.3) is 0 Å². The minimum atomic E-state index is -3.82. The molecule has 21 heavy (non-hydrogen) atoms. The molecule has 0 radical (unpaired) electrons. The van der Waals surface area contributed by atoms with Crippen molar-refractivity contribution in [2.45, 2.75) is 36.3 Å². The lowest BCUT2D eigenvalue weighted by molar-refractivity contribution is -0.0241. The zero-order chi connectivity index (χ0) is 15.0. The number of ether oxygens (including phenoxy) is 1. The van der Waals surface area contributed by atoms with Crippen LogP contribution in [0.2, 0.25) is 0 Å². The van der Waals surface area contributed by atoms with Gasteiger partial charge in [0.2, 0.25) is 10.0 Å². The van der Waals surface area contributed by atoms with Crippen molar-refractivity contribution in [3.8, 4) is 0 Å². The summed E-state index contributed by atoms with van der Waals surface area (Å²) in [6.45, 7) is 0.632. The number of hydrogen-bond acceptors (Lipinski definition) is 4. The minimum absolute atomic E-state index is 0.0643. The number of carboxylic acids is 1. The number of rotatable bonds is 3. The lowest BCUT2D eigenvalue weighted by atomic mass is 10.2. The number of nitrogens with zero attached hydrogens (tertiary/aromatic N) is 1. The van der Waals surface area contributed by atoms with Crippen molar-refractivity contribution in [2.24, 2.45) is 0 Å². The summed E-state index contributed by atoms with van der Waals surface area (Å²) in [5, 5.41) is 9.21. The van der Waals surface area contributed by atoms with E-state index < -0.39 is 16.0 Å². The highest BCUT2D eigenvalue weighted by Crippen LogP contribution is 2.34. The van der Waals surface area contributed by atoms with Crippen molar-refractivity contribution in [1.29, 1.82) is 0 Å². The number of benzene rings is 1. The molecule has 114 valence electrons. The minimum Gasteiger partial charge on any atom is -0.478 e. The SMILES string of the molecule is O=C(O)c1ccccc1S(=O)(=O)N1CCOC2CCCC21. The van der Waals surface area contributed by atoms with Crippen LogP contribution in [0.1, 0.15) is 29.6 Å². The summed E-state index contributed by atoms with van der Waals surface area (Å²) in [7, 11) is -3.82. The molecule has 2 fully saturated rings. The molecule has 1 saturated carbocycles. The van der Waals surface area contributed by atoms with Gasteiger partial charge in [0, 0.05) is 6.54 Å². The quantitative estimate of drug-likeness (QED) is 0.910. The number of sulfonamides is 1. The first kappa shape index (κ1) is 14.5. The summed E-state index contributed by atoms with van der Waals surface area (Å²) in [6.07, 6.45) is 2.49. The number of fused-ring (bicyclic) bond motifs is 1. The maximum atomic E-state index is 12.9. The highest BCUT2D eigenvalue weighted by molar-refractivity contribution is 7.89. The van der Waals surface area contributed by atoms with Gasteiger partial charge < -0.3 is 9.84 Å². The summed E-state index contributed by atoms with van der Waals surface area (Å²) in [4.78, 5) is 11.1. The summed E-state index contributed by atoms with van der Waals surface area (Å²) >= 11 is 0. The Hall–Kier alpha value is -1.44. The van der Waals surface area contributed by atoms with E-state index in [9.17, 15) is 18.3 Å². The van der Waals surface area contributed by atoms with Gasteiger partial charge in [-0.1, -0.05) is 12.1 Å². The first-order valence-corrected chi connectivity index (χ1v) is 8.41. The van der Waals surface area contributed by atoms with Crippen LogP contribution >= 0.6 is 0 Å². The van der Waals surface area contributed by atoms with Crippen LogP contribution in [0, 0.1) is 0 Å². The Morgan fingerprint density at radius 2 is 2.05 bits per heavy atom. The van der Waals surface area contributed by atoms with Gasteiger partial charge in [-0.15, -0.1) is 0 Å². The second-order valence-electron chi connectivity index (χ2n) is 5.32. The fourth-order valence-electron chi connectivity index (χ4n) is 3.18. The average molecular weight is 311 g/mol. The van der Waals surface area contributed by atoms with E-state index in [0.29, 0.717) is 6.61 Å². The number of carboxylic acid groups (broad SMARTS) is 1. The van der Waals surface area contributed by atoms with Crippen LogP contribution < -0.4 is 0 Å². The maximum Gasteiger partial charge on any atom is 0.337 e. The van der Waals surface area contributed by atoms with Crippen molar-refractivity contribution in [1.82, 2.24) is 4.31 Å². The molecule has 2 unspecified atom stereocenters. The van der Waals surface area contributed by atoms with Gasteiger partial charge in [-0.05, 0) is 31.4 Å². The van der Waals surface area contributed by atoms with E-state index >= 15 is 0 Å². The molecule has 1 aromatic carbocycles. The number of morpholine rings is 1. The molecule has 1 N–H and O–H groups in total. The molecule has 3 rings (SSSR count). The summed E-state index contributed by atoms with van der Waals surface area (Å²) in [5.41, 5.74) is -0.182. The molecule has 0 amide bonds. The van der Waals surface area contributed by atoms with Crippen LogP contribution in [0.3, 0.4) is 0 Å². The second-order valence-corrected chi connectivity index (χ2v) is 7.18. The van der Waals surface area contributed by atoms with E-state index in [0.717, 1.165) is 19.3 Å². The molecule has 0 aromatic heterocycles. The first-order chi connectivity index (χ1) is 10.0. The number of hydrogen-bond donors (Lipinski definition) is 1. The fourth-order valence-corrected chi connectivity index (χ4v) is 5.03. The van der Waals surface area contributed by atoms with E-state index in [-0.39, 0.29) is 29.1 Å². The van der Waals surface area contributed by atoms with E-state index in [1.54, 1.807) is 6.07 Å². The van der Waals surface area contributed by atoms with Gasteiger partial charge in [0.1, 0.15) is 0 Å². The third-order valence-electron chi connectivity index (χ3n) is 4.14. The lowest BCUT2D eigenvalue weighted by Gasteiger charge is -2.36. The van der Waals surface area contributed by atoms with E-state index in [4.69, 9.17) is 4.74 Å². The summed E-state index contributed by atoms with van der Waals surface area (Å²) in [5.74, 6) is -1.23. The Bertz CT molecular complexity index is 657. The molecule has 0 bridgehead atoms. The maximum absolute atomic E-state index is 12.9. The largest absolute Gasteiger partial charge is 0.478 e. The third kappa shape index (κ3) is 2.45. The van der Waals surface area contributed by atoms with Crippen LogP contribution in [-0.2, 0) is 14.8 Å². The Labute approximate surface area is 123 Å². The molecular weight excluding hydrogens is 294 g/mol. The van der Waals surface area contributed by atoms with Crippen LogP contribution in [0.5, 0.6) is 0 Å². The monoisotopic (exact) mass is 311 g/mol. The van der Waals surface area contributed by atoms with Gasteiger partial charge in [-0.3, -0.25) is 0 Å². The van der Waals surface area contributed by atoms with Gasteiger partial charge in [0.15, 0.2) is 0 Å². The average Bonchev–Trinajstić information content (AvgIpc) is 2.95. The van der Waals surface area contributed by atoms with Crippen molar-refractivity contribution >= 4 is 16.0 Å². The van der Waals surface area contributed by atoms with Gasteiger partial charge in [-0.25, -0.2) is 13.2 Å². The lowest BCUT2D eigenvalue weighted by Crippen LogP contribution is -2.51. The standard InChI is InChI=1S/C14H17NO5S/c16-14(17)10-4-1-2-7-13(10)21(18,19)15-8-9-20-12-6-3-5-11(12)15/h1-2,4,7,11-12H,3,5-6,8-9H2,(H,16,17).